The predicted octanol–water partition coefficient (Wildman–Crippen LogP) is 3.43. The van der Waals surface area contributed by atoms with Crippen molar-refractivity contribution in [3.63, 3.8) is 0 Å². The second-order valence-corrected chi connectivity index (χ2v) is 7.74. The smallest absolute Gasteiger partial charge is 0.330 e. The maximum absolute atomic E-state index is 9.60. The van der Waals surface area contributed by atoms with Crippen LogP contribution in [0.1, 0.15) is 48.0 Å². The zero-order chi connectivity index (χ0) is 19.6. The van der Waals surface area contributed by atoms with Crippen molar-refractivity contribution in [3.8, 4) is 0 Å². The van der Waals surface area contributed by atoms with Crippen LogP contribution >= 0.6 is 22.6 Å². The van der Waals surface area contributed by atoms with Gasteiger partial charge in [-0.05, 0) is 48.8 Å². The molecule has 0 aliphatic carbocycles. The van der Waals surface area contributed by atoms with Gasteiger partial charge in [-0.25, -0.2) is 9.59 Å². The van der Waals surface area contributed by atoms with Crippen molar-refractivity contribution in [1.29, 1.82) is 0 Å². The topological polar surface area (TPSA) is 115 Å². The number of carbonyl (C=O) groups is 2. The molecule has 0 bridgehead atoms. The molecular weight excluding hydrogens is 415 g/mol. The molecule has 23 heavy (non-hydrogen) atoms. The van der Waals surface area contributed by atoms with Gasteiger partial charge in [0, 0.05) is 16.6 Å². The normalized spacial score (nSPS) is 10.7. The number of alkyl halides is 1. The second kappa shape index (κ2) is 11.6. The monoisotopic (exact) mass is 444 g/mol. The molecule has 0 amide bonds. The number of carboxylic acids is 2. The summed E-state index contributed by atoms with van der Waals surface area (Å²) in [5, 5.41) is 34.5. The van der Waals surface area contributed by atoms with Crippen molar-refractivity contribution in [1.82, 2.24) is 0 Å². The van der Waals surface area contributed by atoms with Gasteiger partial charge in [0.05, 0.1) is 0 Å². The molecule has 0 atom stereocenters. The van der Waals surface area contributed by atoms with E-state index in [0.29, 0.717) is 5.92 Å². The maximum Gasteiger partial charge on any atom is 0.330 e. The van der Waals surface area contributed by atoms with Crippen molar-refractivity contribution < 1.29 is 30.0 Å². The Bertz CT molecular complexity index is 371. The third-order valence-corrected chi connectivity index (χ3v) is 3.97. The third kappa shape index (κ3) is 17.3. The van der Waals surface area contributed by atoms with Crippen LogP contribution in [0.3, 0.4) is 0 Å². The van der Waals surface area contributed by atoms with E-state index in [9.17, 15) is 19.8 Å². The Balaban J connectivity index is -0.000000284. The van der Waals surface area contributed by atoms with Crippen molar-refractivity contribution in [2.75, 3.05) is 0 Å². The first kappa shape index (κ1) is 26.9. The van der Waals surface area contributed by atoms with Crippen LogP contribution in [0.25, 0.3) is 0 Å². The largest absolute Gasteiger partial charge is 0.478 e. The molecule has 0 spiro atoms. The van der Waals surface area contributed by atoms with Gasteiger partial charge in [-0.1, -0.05) is 40.9 Å². The van der Waals surface area contributed by atoms with E-state index in [2.05, 4.69) is 27.0 Å². The standard InChI is InChI=1S/C8H17IO2.2C4H6O2/c1-6(2)5-7(3,4)8(9,10)11;2*1-3(2)4(5)6/h6,10-11H,5H2,1-4H3;2*1H2,2H3,(H,5,6). The average molecular weight is 444 g/mol. The average Bonchev–Trinajstić information content (AvgIpc) is 2.26. The summed E-state index contributed by atoms with van der Waals surface area (Å²) in [5.74, 6) is -1.39. The molecule has 0 fully saturated rings. The highest BCUT2D eigenvalue weighted by Crippen LogP contribution is 2.39. The number of rotatable bonds is 5. The number of hydrogen-bond donors (Lipinski definition) is 4. The molecule has 136 valence electrons. The lowest BCUT2D eigenvalue weighted by Gasteiger charge is -2.35. The summed E-state index contributed by atoms with van der Waals surface area (Å²) in [5.41, 5.74) is -0.0909. The Kier molecular flexibility index (Phi) is 13.6. The highest BCUT2D eigenvalue weighted by atomic mass is 127. The minimum absolute atomic E-state index is 0.176. The molecule has 0 heterocycles. The van der Waals surface area contributed by atoms with Gasteiger partial charge < -0.3 is 20.4 Å². The molecule has 6 nitrogen and oxygen atoms in total. The first-order valence-corrected chi connectivity index (χ1v) is 7.94. The summed E-state index contributed by atoms with van der Waals surface area (Å²) in [6, 6.07) is 0. The SMILES string of the molecule is C=C(C)C(=O)O.C=C(C)C(=O)O.CC(C)CC(C)(C)C(O)(O)I. The molecule has 4 N–H and O–H groups in total. The van der Waals surface area contributed by atoms with Crippen molar-refractivity contribution in [2.24, 2.45) is 11.3 Å². The van der Waals surface area contributed by atoms with Crippen molar-refractivity contribution in [3.05, 3.63) is 24.3 Å². The van der Waals surface area contributed by atoms with E-state index in [-0.39, 0.29) is 11.1 Å². The number of halogens is 1. The molecule has 0 aliphatic rings. The van der Waals surface area contributed by atoms with Gasteiger partial charge in [-0.2, -0.15) is 0 Å². The van der Waals surface area contributed by atoms with E-state index >= 15 is 0 Å². The minimum atomic E-state index is -1.60. The van der Waals surface area contributed by atoms with Crippen LogP contribution in [0.2, 0.25) is 0 Å². The van der Waals surface area contributed by atoms with Crippen LogP contribution in [0.15, 0.2) is 24.3 Å². The minimum Gasteiger partial charge on any atom is -0.478 e. The Morgan fingerprint density at radius 3 is 1.26 bits per heavy atom. The molecule has 0 aromatic heterocycles. The Morgan fingerprint density at radius 1 is 1.00 bits per heavy atom. The quantitative estimate of drug-likeness (QED) is 0.224. The summed E-state index contributed by atoms with van der Waals surface area (Å²) >= 11 is 1.66. The number of carboxylic acid groups (broad SMARTS) is 2. The van der Waals surface area contributed by atoms with E-state index in [1.165, 1.54) is 13.8 Å². The van der Waals surface area contributed by atoms with Crippen LogP contribution in [-0.2, 0) is 9.59 Å². The molecule has 0 aromatic carbocycles. The molecule has 7 heteroatoms. The van der Waals surface area contributed by atoms with Crippen LogP contribution in [-0.4, -0.2) is 36.2 Å². The Hall–Kier alpha value is -0.930. The zero-order valence-electron chi connectivity index (χ0n) is 14.7. The van der Waals surface area contributed by atoms with Crippen molar-refractivity contribution >= 4 is 34.5 Å². The van der Waals surface area contributed by atoms with Crippen molar-refractivity contribution in [2.45, 2.75) is 51.8 Å². The van der Waals surface area contributed by atoms with E-state index in [0.717, 1.165) is 6.42 Å². The van der Waals surface area contributed by atoms with Crippen LogP contribution in [0, 0.1) is 11.3 Å². The highest BCUT2D eigenvalue weighted by Gasteiger charge is 2.39. The van der Waals surface area contributed by atoms with Crippen LogP contribution in [0.4, 0.5) is 0 Å². The summed E-state index contributed by atoms with van der Waals surface area (Å²) in [6.45, 7) is 17.1. The Labute approximate surface area is 152 Å². The predicted molar refractivity (Wildman–Crippen MR) is 99.3 cm³/mol. The number of hydrogen-bond acceptors (Lipinski definition) is 4. The fraction of sp³-hybridized carbons (Fsp3) is 0.625. The van der Waals surface area contributed by atoms with Gasteiger partial charge in [-0.3, -0.25) is 0 Å². The van der Waals surface area contributed by atoms with Gasteiger partial charge >= 0.3 is 11.9 Å². The van der Waals surface area contributed by atoms with Crippen LogP contribution in [0.5, 0.6) is 0 Å². The summed E-state index contributed by atoms with van der Waals surface area (Å²) < 4.78 is -1.60. The zero-order valence-corrected chi connectivity index (χ0v) is 16.8. The fourth-order valence-corrected chi connectivity index (χ4v) is 1.37. The Morgan fingerprint density at radius 2 is 1.22 bits per heavy atom. The molecule has 0 unspecified atom stereocenters. The third-order valence-electron chi connectivity index (χ3n) is 2.51. The number of aliphatic carboxylic acids is 2. The van der Waals surface area contributed by atoms with Gasteiger partial charge in [0.15, 0.2) is 0 Å². The molecule has 0 aromatic rings. The summed E-state index contributed by atoms with van der Waals surface area (Å²) in [6.07, 6.45) is 0.808. The van der Waals surface area contributed by atoms with E-state index in [1.807, 2.05) is 13.8 Å². The van der Waals surface area contributed by atoms with E-state index in [4.69, 9.17) is 10.2 Å². The molecular formula is C16H29IO6. The lowest BCUT2D eigenvalue weighted by atomic mass is 9.83. The molecule has 0 saturated heterocycles. The molecule has 0 aliphatic heterocycles. The van der Waals surface area contributed by atoms with Gasteiger partial charge in [-0.15, -0.1) is 0 Å². The fourth-order valence-electron chi connectivity index (χ4n) is 1.15. The lowest BCUT2D eigenvalue weighted by Crippen LogP contribution is -2.39. The summed E-state index contributed by atoms with van der Waals surface area (Å²) in [7, 11) is 0. The van der Waals surface area contributed by atoms with Gasteiger partial charge in [0.1, 0.15) is 0 Å². The van der Waals surface area contributed by atoms with Crippen LogP contribution < -0.4 is 0 Å². The lowest BCUT2D eigenvalue weighted by molar-refractivity contribution is -0.144. The second-order valence-electron chi connectivity index (χ2n) is 6.24. The van der Waals surface area contributed by atoms with E-state index < -0.39 is 21.1 Å². The maximum atomic E-state index is 9.60. The molecule has 0 radical (unpaired) electrons. The molecule has 0 saturated carbocycles. The first-order valence-electron chi connectivity index (χ1n) is 6.87. The van der Waals surface area contributed by atoms with Gasteiger partial charge in [0.2, 0.25) is 3.79 Å². The highest BCUT2D eigenvalue weighted by molar-refractivity contribution is 14.1. The molecule has 0 rings (SSSR count). The first-order chi connectivity index (χ1) is 9.95. The van der Waals surface area contributed by atoms with E-state index in [1.54, 1.807) is 22.6 Å². The summed E-state index contributed by atoms with van der Waals surface area (Å²) in [4.78, 5) is 19.2. The van der Waals surface area contributed by atoms with Gasteiger partial charge in [0.25, 0.3) is 0 Å². The number of aliphatic hydroxyl groups is 2.